The van der Waals surface area contributed by atoms with Crippen LogP contribution in [0.5, 0.6) is 0 Å². The molecule has 0 aliphatic heterocycles. The predicted molar refractivity (Wildman–Crippen MR) is 46.4 cm³/mol. The van der Waals surface area contributed by atoms with Gasteiger partial charge in [0.25, 0.3) is 5.91 Å². The van der Waals surface area contributed by atoms with Crippen LogP contribution >= 0.6 is 0 Å². The van der Waals surface area contributed by atoms with Crippen LogP contribution in [0.25, 0.3) is 0 Å². The van der Waals surface area contributed by atoms with Gasteiger partial charge in [-0.1, -0.05) is 6.08 Å². The number of primary amides is 1. The Kier molecular flexibility index (Phi) is 5.18. The first-order valence-electron chi connectivity index (χ1n) is 3.78. The molecule has 0 aromatic rings. The number of nitrogens with zero attached hydrogens (tertiary/aromatic N) is 1. The highest BCUT2D eigenvalue weighted by Gasteiger charge is 2.09. The molecule has 0 unspecified atom stereocenters. The molecule has 0 spiro atoms. The minimum Gasteiger partial charge on any atom is -0.370 e. The lowest BCUT2D eigenvalue weighted by atomic mass is 10.3. The van der Waals surface area contributed by atoms with Crippen molar-refractivity contribution in [1.29, 1.82) is 0 Å². The van der Waals surface area contributed by atoms with Gasteiger partial charge in [-0.2, -0.15) is 0 Å². The molecule has 0 saturated heterocycles. The van der Waals surface area contributed by atoms with E-state index in [-0.39, 0.29) is 13.0 Å². The normalized spacial score (nSPS) is 9.92. The summed E-state index contributed by atoms with van der Waals surface area (Å²) >= 11 is 0. The lowest BCUT2D eigenvalue weighted by molar-refractivity contribution is -0.134. The first-order chi connectivity index (χ1) is 6.11. The Morgan fingerprint density at radius 2 is 2.08 bits per heavy atom. The maximum absolute atomic E-state index is 11.0. The molecule has 0 bridgehead atoms. The molecule has 13 heavy (non-hydrogen) atoms. The van der Waals surface area contributed by atoms with Crippen LogP contribution < -0.4 is 5.73 Å². The number of imide groups is 1. The zero-order valence-electron chi connectivity index (χ0n) is 7.40. The Balaban J connectivity index is 4.10. The van der Waals surface area contributed by atoms with Crippen molar-refractivity contribution in [2.75, 3.05) is 6.54 Å². The van der Waals surface area contributed by atoms with E-state index >= 15 is 0 Å². The average molecular weight is 184 g/mol. The summed E-state index contributed by atoms with van der Waals surface area (Å²) in [5, 5.41) is 0. The van der Waals surface area contributed by atoms with E-state index in [0.29, 0.717) is 6.41 Å². The van der Waals surface area contributed by atoms with E-state index in [0.717, 1.165) is 4.90 Å². The van der Waals surface area contributed by atoms with Crippen LogP contribution in [0.3, 0.4) is 0 Å². The number of amides is 3. The van der Waals surface area contributed by atoms with Gasteiger partial charge in [0.2, 0.25) is 12.3 Å². The van der Waals surface area contributed by atoms with Crippen LogP contribution in [-0.4, -0.2) is 29.7 Å². The molecule has 0 atom stereocenters. The molecular formula is C8H12N2O3. The summed E-state index contributed by atoms with van der Waals surface area (Å²) in [6.45, 7) is 1.69. The third-order valence-corrected chi connectivity index (χ3v) is 1.32. The molecule has 0 aliphatic carbocycles. The van der Waals surface area contributed by atoms with Crippen molar-refractivity contribution in [2.45, 2.75) is 13.3 Å². The molecule has 0 aliphatic rings. The number of carbonyl (C=O) groups is 3. The fourth-order valence-corrected chi connectivity index (χ4v) is 0.684. The second kappa shape index (κ2) is 5.93. The third-order valence-electron chi connectivity index (χ3n) is 1.32. The van der Waals surface area contributed by atoms with Crippen molar-refractivity contribution in [3.63, 3.8) is 0 Å². The van der Waals surface area contributed by atoms with Gasteiger partial charge in [0.15, 0.2) is 0 Å². The standard InChI is InChI=1S/C8H12N2O3/c1-2-3-8(13)10(6-11)5-4-7(9)12/h2-3,6H,4-5H2,1H3,(H2,9,12)/b3-2-. The highest BCUT2D eigenvalue weighted by molar-refractivity contribution is 5.94. The van der Waals surface area contributed by atoms with Gasteiger partial charge in [0.1, 0.15) is 0 Å². The second-order valence-electron chi connectivity index (χ2n) is 2.35. The SMILES string of the molecule is C/C=C\C(=O)N(C=O)CCC(N)=O. The number of hydrogen-bond acceptors (Lipinski definition) is 3. The Hall–Kier alpha value is -1.65. The predicted octanol–water partition coefficient (Wildman–Crippen LogP) is -0.577. The van der Waals surface area contributed by atoms with E-state index in [4.69, 9.17) is 5.73 Å². The van der Waals surface area contributed by atoms with Crippen LogP contribution in [0, 0.1) is 0 Å². The fourth-order valence-electron chi connectivity index (χ4n) is 0.684. The first-order valence-corrected chi connectivity index (χ1v) is 3.78. The molecule has 0 saturated carbocycles. The van der Waals surface area contributed by atoms with Gasteiger partial charge in [0.05, 0.1) is 0 Å². The summed E-state index contributed by atoms with van der Waals surface area (Å²) in [7, 11) is 0. The van der Waals surface area contributed by atoms with E-state index < -0.39 is 11.8 Å². The largest absolute Gasteiger partial charge is 0.370 e. The third kappa shape index (κ3) is 4.73. The molecule has 0 radical (unpaired) electrons. The molecule has 2 N–H and O–H groups in total. The van der Waals surface area contributed by atoms with Crippen LogP contribution in [0.15, 0.2) is 12.2 Å². The van der Waals surface area contributed by atoms with Crippen molar-refractivity contribution in [1.82, 2.24) is 4.90 Å². The summed E-state index contributed by atoms with van der Waals surface area (Å²) in [6, 6.07) is 0. The fraction of sp³-hybridized carbons (Fsp3) is 0.375. The summed E-state index contributed by atoms with van der Waals surface area (Å²) in [5.41, 5.74) is 4.86. The van der Waals surface area contributed by atoms with Gasteiger partial charge in [-0.15, -0.1) is 0 Å². The summed E-state index contributed by atoms with van der Waals surface area (Å²) in [6.07, 6.45) is 3.13. The van der Waals surface area contributed by atoms with E-state index in [9.17, 15) is 14.4 Å². The lowest BCUT2D eigenvalue weighted by Crippen LogP contribution is -2.31. The second-order valence-corrected chi connectivity index (χ2v) is 2.35. The molecule has 72 valence electrons. The maximum atomic E-state index is 11.0. The number of allylic oxidation sites excluding steroid dienone is 1. The summed E-state index contributed by atoms with van der Waals surface area (Å²) < 4.78 is 0. The quantitative estimate of drug-likeness (QED) is 0.458. The molecule has 0 heterocycles. The van der Waals surface area contributed by atoms with Crippen molar-refractivity contribution in [2.24, 2.45) is 5.73 Å². The molecule has 5 heteroatoms. The Bertz CT molecular complexity index is 236. The number of rotatable bonds is 5. The van der Waals surface area contributed by atoms with E-state index in [2.05, 4.69) is 0 Å². The van der Waals surface area contributed by atoms with Crippen LogP contribution in [0.1, 0.15) is 13.3 Å². The van der Waals surface area contributed by atoms with Crippen LogP contribution in [0.2, 0.25) is 0 Å². The number of hydrogen-bond donors (Lipinski definition) is 1. The highest BCUT2D eigenvalue weighted by Crippen LogP contribution is 1.90. The first kappa shape index (κ1) is 11.4. The monoisotopic (exact) mass is 184 g/mol. The van der Waals surface area contributed by atoms with Crippen molar-refractivity contribution < 1.29 is 14.4 Å². The van der Waals surface area contributed by atoms with Crippen LogP contribution in [0.4, 0.5) is 0 Å². The van der Waals surface area contributed by atoms with Gasteiger partial charge in [-0.3, -0.25) is 19.3 Å². The summed E-state index contributed by atoms with van der Waals surface area (Å²) in [5.74, 6) is -0.987. The zero-order chi connectivity index (χ0) is 10.3. The summed E-state index contributed by atoms with van der Waals surface area (Å²) in [4.78, 5) is 32.6. The van der Waals surface area contributed by atoms with Gasteiger partial charge in [-0.25, -0.2) is 0 Å². The maximum Gasteiger partial charge on any atom is 0.252 e. The molecule has 3 amide bonds. The van der Waals surface area contributed by atoms with Crippen LogP contribution in [-0.2, 0) is 14.4 Å². The molecule has 0 fully saturated rings. The number of nitrogens with two attached hydrogens (primary N) is 1. The molecule has 0 aromatic carbocycles. The molecular weight excluding hydrogens is 172 g/mol. The van der Waals surface area contributed by atoms with E-state index in [1.807, 2.05) is 0 Å². The van der Waals surface area contributed by atoms with E-state index in [1.165, 1.54) is 12.2 Å². The van der Waals surface area contributed by atoms with Gasteiger partial charge >= 0.3 is 0 Å². The van der Waals surface area contributed by atoms with Gasteiger partial charge in [0, 0.05) is 13.0 Å². The van der Waals surface area contributed by atoms with Gasteiger partial charge in [-0.05, 0) is 13.0 Å². The van der Waals surface area contributed by atoms with Crippen molar-refractivity contribution in [3.8, 4) is 0 Å². The molecule has 5 nitrogen and oxygen atoms in total. The Morgan fingerprint density at radius 1 is 1.46 bits per heavy atom. The van der Waals surface area contributed by atoms with Crippen molar-refractivity contribution >= 4 is 18.2 Å². The average Bonchev–Trinajstić information content (AvgIpc) is 2.05. The Labute approximate surface area is 76.2 Å². The number of carbonyl (C=O) groups excluding carboxylic acids is 3. The molecule has 0 rings (SSSR count). The topological polar surface area (TPSA) is 80.5 Å². The minimum atomic E-state index is -0.542. The highest BCUT2D eigenvalue weighted by atomic mass is 16.2. The lowest BCUT2D eigenvalue weighted by Gasteiger charge is -2.11. The molecule has 0 aromatic heterocycles. The Morgan fingerprint density at radius 3 is 2.46 bits per heavy atom. The smallest absolute Gasteiger partial charge is 0.252 e. The zero-order valence-corrected chi connectivity index (χ0v) is 7.40. The van der Waals surface area contributed by atoms with Gasteiger partial charge < -0.3 is 5.73 Å². The van der Waals surface area contributed by atoms with E-state index in [1.54, 1.807) is 6.92 Å². The minimum absolute atomic E-state index is 0.0119. The van der Waals surface area contributed by atoms with Crippen molar-refractivity contribution in [3.05, 3.63) is 12.2 Å².